The standard InChI is InChI=1S/C19H24FNO4S/c1-19-10-16(20)18-13-6-4-12(25-26(2,23)24)9-11(13)3-5-14(18)15(19)7-8-17(19)21-22/h4,6,9,14-16,18,22H,3,5,7-8,10H2,1-2H3/b21-17-/t14-,15-,16-,18+,19-/m0/s1. The molecule has 0 amide bonds. The van der Waals surface area contributed by atoms with Crippen molar-refractivity contribution in [3.63, 3.8) is 0 Å². The molecule has 0 heterocycles. The van der Waals surface area contributed by atoms with Gasteiger partial charge in [-0.3, -0.25) is 0 Å². The number of alkyl halides is 1. The van der Waals surface area contributed by atoms with Crippen LogP contribution in [0.15, 0.2) is 23.4 Å². The fourth-order valence-corrected chi connectivity index (χ4v) is 6.21. The van der Waals surface area contributed by atoms with Gasteiger partial charge in [-0.25, -0.2) is 4.39 Å². The van der Waals surface area contributed by atoms with Crippen LogP contribution in [0.2, 0.25) is 0 Å². The van der Waals surface area contributed by atoms with E-state index in [0.717, 1.165) is 48.8 Å². The first-order chi connectivity index (χ1) is 12.2. The number of hydrogen-bond acceptors (Lipinski definition) is 5. The van der Waals surface area contributed by atoms with E-state index in [9.17, 15) is 13.6 Å². The Morgan fingerprint density at radius 1 is 1.31 bits per heavy atom. The molecule has 7 heteroatoms. The molecule has 5 nitrogen and oxygen atoms in total. The monoisotopic (exact) mass is 381 g/mol. The molecule has 0 bridgehead atoms. The number of benzene rings is 1. The third-order valence-electron chi connectivity index (χ3n) is 6.75. The van der Waals surface area contributed by atoms with Gasteiger partial charge in [-0.05, 0) is 67.2 Å². The number of hydrogen-bond donors (Lipinski definition) is 1. The Hall–Kier alpha value is -1.63. The molecule has 0 aliphatic heterocycles. The van der Waals surface area contributed by atoms with Gasteiger partial charge in [0.2, 0.25) is 0 Å². The Morgan fingerprint density at radius 3 is 2.77 bits per heavy atom. The highest BCUT2D eigenvalue weighted by Gasteiger charge is 2.57. The van der Waals surface area contributed by atoms with E-state index < -0.39 is 16.3 Å². The van der Waals surface area contributed by atoms with Crippen LogP contribution in [0, 0.1) is 17.3 Å². The van der Waals surface area contributed by atoms with E-state index in [0.29, 0.717) is 12.3 Å². The lowest BCUT2D eigenvalue weighted by molar-refractivity contribution is 0.0284. The average Bonchev–Trinajstić information content (AvgIpc) is 2.88. The fraction of sp³-hybridized carbons (Fsp3) is 0.632. The number of halogens is 1. The number of aryl methyl sites for hydroxylation is 1. The highest BCUT2D eigenvalue weighted by atomic mass is 32.2. The van der Waals surface area contributed by atoms with E-state index in [1.54, 1.807) is 12.1 Å². The van der Waals surface area contributed by atoms with E-state index in [-0.39, 0.29) is 23.0 Å². The minimum Gasteiger partial charge on any atom is -0.411 e. The summed E-state index contributed by atoms with van der Waals surface area (Å²) in [6, 6.07) is 5.19. The van der Waals surface area contributed by atoms with Crippen LogP contribution in [0.25, 0.3) is 0 Å². The Bertz CT molecular complexity index is 868. The first-order valence-electron chi connectivity index (χ1n) is 9.10. The summed E-state index contributed by atoms with van der Waals surface area (Å²) in [5, 5.41) is 12.8. The summed E-state index contributed by atoms with van der Waals surface area (Å²) in [5.41, 5.74) is 2.34. The zero-order valence-corrected chi connectivity index (χ0v) is 15.8. The lowest BCUT2D eigenvalue weighted by atomic mass is 9.55. The predicted octanol–water partition coefficient (Wildman–Crippen LogP) is 3.66. The van der Waals surface area contributed by atoms with Gasteiger partial charge >= 0.3 is 10.1 Å². The van der Waals surface area contributed by atoms with Crippen LogP contribution in [0.3, 0.4) is 0 Å². The first-order valence-corrected chi connectivity index (χ1v) is 10.9. The van der Waals surface area contributed by atoms with Gasteiger partial charge in [0.1, 0.15) is 11.9 Å². The minimum absolute atomic E-state index is 0.179. The second kappa shape index (κ2) is 5.94. The predicted molar refractivity (Wildman–Crippen MR) is 96.0 cm³/mol. The maximum atomic E-state index is 15.3. The molecule has 3 aliphatic rings. The Labute approximate surface area is 153 Å². The second-order valence-electron chi connectivity index (χ2n) is 8.21. The van der Waals surface area contributed by atoms with Gasteiger partial charge in [0.05, 0.1) is 12.0 Å². The fourth-order valence-electron chi connectivity index (χ4n) is 5.76. The van der Waals surface area contributed by atoms with E-state index in [1.807, 2.05) is 13.0 Å². The van der Waals surface area contributed by atoms with Gasteiger partial charge < -0.3 is 9.39 Å². The Balaban J connectivity index is 1.69. The quantitative estimate of drug-likeness (QED) is 0.482. The summed E-state index contributed by atoms with van der Waals surface area (Å²) in [4.78, 5) is 0. The van der Waals surface area contributed by atoms with Crippen molar-refractivity contribution in [1.82, 2.24) is 0 Å². The van der Waals surface area contributed by atoms with Gasteiger partial charge in [-0.15, -0.1) is 0 Å². The van der Waals surface area contributed by atoms with Crippen molar-refractivity contribution >= 4 is 15.8 Å². The van der Waals surface area contributed by atoms with Crippen molar-refractivity contribution in [2.75, 3.05) is 6.26 Å². The summed E-state index contributed by atoms with van der Waals surface area (Å²) in [7, 11) is -3.58. The maximum absolute atomic E-state index is 15.3. The van der Waals surface area contributed by atoms with Crippen molar-refractivity contribution in [3.05, 3.63) is 29.3 Å². The number of fused-ring (bicyclic) bond motifs is 5. The topological polar surface area (TPSA) is 76.0 Å². The van der Waals surface area contributed by atoms with Crippen molar-refractivity contribution in [2.24, 2.45) is 22.4 Å². The van der Waals surface area contributed by atoms with Gasteiger partial charge in [0.25, 0.3) is 0 Å². The van der Waals surface area contributed by atoms with E-state index in [4.69, 9.17) is 4.18 Å². The Kier molecular flexibility index (Phi) is 4.06. The molecule has 1 N–H and O–H groups in total. The molecule has 5 atom stereocenters. The normalized spacial score (nSPS) is 37.7. The highest BCUT2D eigenvalue weighted by Crippen LogP contribution is 2.60. The van der Waals surface area contributed by atoms with Crippen LogP contribution < -0.4 is 4.18 Å². The van der Waals surface area contributed by atoms with Gasteiger partial charge in [0, 0.05) is 11.3 Å². The SMILES string of the molecule is C[C@]12C[C@H](F)[C@@H]3c4ccc(OS(C)(=O)=O)cc4CC[C@H]3[C@@H]1CC/C2=N/O. The summed E-state index contributed by atoms with van der Waals surface area (Å²) in [6.07, 6.45) is 3.70. The van der Waals surface area contributed by atoms with Crippen molar-refractivity contribution in [2.45, 2.75) is 51.1 Å². The first kappa shape index (κ1) is 17.8. The zero-order valence-electron chi connectivity index (χ0n) is 15.0. The molecule has 3 aliphatic carbocycles. The van der Waals surface area contributed by atoms with Crippen LogP contribution >= 0.6 is 0 Å². The van der Waals surface area contributed by atoms with E-state index >= 15 is 4.39 Å². The Morgan fingerprint density at radius 2 is 2.08 bits per heavy atom. The van der Waals surface area contributed by atoms with Gasteiger partial charge in [0.15, 0.2) is 0 Å². The summed E-state index contributed by atoms with van der Waals surface area (Å²) in [5.74, 6) is 0.654. The zero-order chi connectivity index (χ0) is 18.7. The van der Waals surface area contributed by atoms with E-state index in [1.165, 1.54) is 0 Å². The highest BCUT2D eigenvalue weighted by molar-refractivity contribution is 7.86. The van der Waals surface area contributed by atoms with Crippen LogP contribution in [-0.2, 0) is 16.5 Å². The lowest BCUT2D eigenvalue weighted by Gasteiger charge is -2.50. The van der Waals surface area contributed by atoms with Gasteiger partial charge in [-0.1, -0.05) is 18.1 Å². The third-order valence-corrected chi connectivity index (χ3v) is 7.24. The van der Waals surface area contributed by atoms with Crippen molar-refractivity contribution in [3.8, 4) is 5.75 Å². The largest absolute Gasteiger partial charge is 0.411 e. The number of rotatable bonds is 2. The maximum Gasteiger partial charge on any atom is 0.306 e. The molecule has 1 aromatic carbocycles. The van der Waals surface area contributed by atoms with Crippen LogP contribution in [-0.4, -0.2) is 31.8 Å². The molecule has 142 valence electrons. The molecular weight excluding hydrogens is 357 g/mol. The summed E-state index contributed by atoms with van der Waals surface area (Å²) in [6.45, 7) is 2.04. The van der Waals surface area contributed by atoms with Crippen LogP contribution in [0.4, 0.5) is 4.39 Å². The molecule has 1 aromatic rings. The third kappa shape index (κ3) is 2.71. The molecule has 0 saturated heterocycles. The van der Waals surface area contributed by atoms with Gasteiger partial charge in [-0.2, -0.15) is 8.42 Å². The molecule has 0 radical (unpaired) electrons. The molecular formula is C19H24FNO4S. The molecule has 0 spiro atoms. The number of nitrogens with zero attached hydrogens (tertiary/aromatic N) is 1. The molecule has 0 aromatic heterocycles. The molecule has 2 saturated carbocycles. The second-order valence-corrected chi connectivity index (χ2v) is 9.78. The lowest BCUT2D eigenvalue weighted by Crippen LogP contribution is -2.47. The molecule has 0 unspecified atom stereocenters. The van der Waals surface area contributed by atoms with Crippen LogP contribution in [0.1, 0.15) is 49.7 Å². The summed E-state index contributed by atoms with van der Waals surface area (Å²) >= 11 is 0. The minimum atomic E-state index is -3.58. The van der Waals surface area contributed by atoms with Crippen LogP contribution in [0.5, 0.6) is 5.75 Å². The van der Waals surface area contributed by atoms with Crippen molar-refractivity contribution < 1.29 is 22.2 Å². The molecule has 4 rings (SSSR count). The molecule has 2 fully saturated rings. The van der Waals surface area contributed by atoms with E-state index in [2.05, 4.69) is 5.16 Å². The molecule has 26 heavy (non-hydrogen) atoms. The van der Waals surface area contributed by atoms with Crippen molar-refractivity contribution in [1.29, 1.82) is 0 Å². The average molecular weight is 381 g/mol. The summed E-state index contributed by atoms with van der Waals surface area (Å²) < 4.78 is 43.0. The number of oxime groups is 1. The smallest absolute Gasteiger partial charge is 0.306 e.